The highest BCUT2D eigenvalue weighted by atomic mass is 35.5. The number of ketones is 1. The first kappa shape index (κ1) is 24.0. The molecule has 0 saturated heterocycles. The molecule has 0 aromatic heterocycles. The summed E-state index contributed by atoms with van der Waals surface area (Å²) in [5, 5.41) is 11.0. The Bertz CT molecular complexity index is 1190. The van der Waals surface area contributed by atoms with Crippen LogP contribution < -0.4 is 9.47 Å². The molecule has 0 spiro atoms. The Balaban J connectivity index is 1.73. The standard InChI is InChI=1S/C26H24ClNO5/c1-17(2)19-6-8-20(9-7-19)24(29)11-4-18-5-12-25(32-3)21(14-18)16-33-26-13-10-22(28(30)31)15-23(26)27/h4-15,17H,16H2,1-3H3/b11-4+. The highest BCUT2D eigenvalue weighted by Gasteiger charge is 2.12. The molecule has 3 aromatic carbocycles. The zero-order valence-electron chi connectivity index (χ0n) is 18.6. The van der Waals surface area contributed by atoms with Gasteiger partial charge in [0.1, 0.15) is 18.1 Å². The van der Waals surface area contributed by atoms with Crippen LogP contribution in [0.5, 0.6) is 11.5 Å². The van der Waals surface area contributed by atoms with Crippen LogP contribution in [-0.4, -0.2) is 17.8 Å². The molecule has 0 unspecified atom stereocenters. The molecule has 7 heteroatoms. The van der Waals surface area contributed by atoms with Gasteiger partial charge in [0, 0.05) is 23.3 Å². The van der Waals surface area contributed by atoms with Gasteiger partial charge in [0.2, 0.25) is 0 Å². The third-order valence-electron chi connectivity index (χ3n) is 5.10. The molecule has 0 N–H and O–H groups in total. The Hall–Kier alpha value is -3.64. The lowest BCUT2D eigenvalue weighted by molar-refractivity contribution is -0.384. The van der Waals surface area contributed by atoms with Gasteiger partial charge in [-0.3, -0.25) is 14.9 Å². The second-order valence-corrected chi connectivity index (χ2v) is 8.11. The number of non-ortho nitro benzene ring substituents is 1. The van der Waals surface area contributed by atoms with Crippen molar-refractivity contribution in [2.45, 2.75) is 26.4 Å². The van der Waals surface area contributed by atoms with Crippen LogP contribution in [-0.2, 0) is 6.61 Å². The number of hydrogen-bond donors (Lipinski definition) is 0. The lowest BCUT2D eigenvalue weighted by atomic mass is 10.00. The van der Waals surface area contributed by atoms with Crippen molar-refractivity contribution >= 4 is 29.1 Å². The summed E-state index contributed by atoms with van der Waals surface area (Å²) in [6.07, 6.45) is 3.27. The molecule has 0 aliphatic heterocycles. The molecule has 0 aliphatic rings. The number of hydrogen-bond acceptors (Lipinski definition) is 5. The van der Waals surface area contributed by atoms with E-state index in [0.29, 0.717) is 23.0 Å². The monoisotopic (exact) mass is 465 g/mol. The van der Waals surface area contributed by atoms with Crippen molar-refractivity contribution in [3.8, 4) is 11.5 Å². The average Bonchev–Trinajstić information content (AvgIpc) is 2.81. The van der Waals surface area contributed by atoms with Crippen molar-refractivity contribution in [3.05, 3.63) is 104 Å². The number of carbonyl (C=O) groups is 1. The van der Waals surface area contributed by atoms with Crippen LogP contribution >= 0.6 is 11.6 Å². The Morgan fingerprint density at radius 2 is 1.76 bits per heavy atom. The molecule has 3 aromatic rings. The van der Waals surface area contributed by atoms with E-state index in [4.69, 9.17) is 21.1 Å². The summed E-state index contributed by atoms with van der Waals surface area (Å²) in [5.74, 6) is 1.26. The van der Waals surface area contributed by atoms with Gasteiger partial charge in [-0.05, 0) is 41.3 Å². The van der Waals surface area contributed by atoms with Gasteiger partial charge < -0.3 is 9.47 Å². The van der Waals surface area contributed by atoms with Crippen molar-refractivity contribution in [3.63, 3.8) is 0 Å². The second kappa shape index (κ2) is 10.8. The number of allylic oxidation sites excluding steroid dienone is 1. The van der Waals surface area contributed by atoms with E-state index in [1.165, 1.54) is 29.8 Å². The minimum Gasteiger partial charge on any atom is -0.496 e. The van der Waals surface area contributed by atoms with Gasteiger partial charge >= 0.3 is 0 Å². The number of rotatable bonds is 9. The number of carbonyl (C=O) groups excluding carboxylic acids is 1. The second-order valence-electron chi connectivity index (χ2n) is 7.71. The van der Waals surface area contributed by atoms with Crippen molar-refractivity contribution in [2.75, 3.05) is 7.11 Å². The summed E-state index contributed by atoms with van der Waals surface area (Å²) in [4.78, 5) is 22.9. The van der Waals surface area contributed by atoms with Crippen molar-refractivity contribution in [1.82, 2.24) is 0 Å². The van der Waals surface area contributed by atoms with Gasteiger partial charge in [0.05, 0.1) is 17.1 Å². The zero-order valence-corrected chi connectivity index (χ0v) is 19.3. The van der Waals surface area contributed by atoms with Crippen LogP contribution in [0.25, 0.3) is 6.08 Å². The van der Waals surface area contributed by atoms with Gasteiger partial charge in [-0.1, -0.05) is 61.9 Å². The van der Waals surface area contributed by atoms with E-state index in [0.717, 1.165) is 11.1 Å². The van der Waals surface area contributed by atoms with Gasteiger partial charge in [-0.15, -0.1) is 0 Å². The molecule has 0 fully saturated rings. The fraction of sp³-hybridized carbons (Fsp3) is 0.192. The largest absolute Gasteiger partial charge is 0.496 e. The topological polar surface area (TPSA) is 78.7 Å². The summed E-state index contributed by atoms with van der Waals surface area (Å²) < 4.78 is 11.2. The van der Waals surface area contributed by atoms with E-state index in [9.17, 15) is 14.9 Å². The Morgan fingerprint density at radius 1 is 1.06 bits per heavy atom. The van der Waals surface area contributed by atoms with Gasteiger partial charge in [-0.25, -0.2) is 0 Å². The number of ether oxygens (including phenoxy) is 2. The minimum atomic E-state index is -0.519. The predicted octanol–water partition coefficient (Wildman–Crippen LogP) is 6.86. The highest BCUT2D eigenvalue weighted by Crippen LogP contribution is 2.30. The number of methoxy groups -OCH3 is 1. The summed E-state index contributed by atoms with van der Waals surface area (Å²) in [7, 11) is 1.55. The molecule has 0 radical (unpaired) electrons. The molecule has 0 heterocycles. The quantitative estimate of drug-likeness (QED) is 0.149. The molecule has 0 saturated carbocycles. The summed E-state index contributed by atoms with van der Waals surface area (Å²) in [5.41, 5.74) is 3.24. The molecule has 6 nitrogen and oxygen atoms in total. The van der Waals surface area contributed by atoms with Gasteiger partial charge in [0.25, 0.3) is 5.69 Å². The van der Waals surface area contributed by atoms with Crippen LogP contribution in [0, 0.1) is 10.1 Å². The Morgan fingerprint density at radius 3 is 2.36 bits per heavy atom. The normalized spacial score (nSPS) is 11.1. The number of halogens is 1. The fourth-order valence-electron chi connectivity index (χ4n) is 3.19. The van der Waals surface area contributed by atoms with E-state index in [-0.39, 0.29) is 23.1 Å². The molecule has 33 heavy (non-hydrogen) atoms. The zero-order chi connectivity index (χ0) is 24.0. The molecule has 0 bridgehead atoms. The van der Waals surface area contributed by atoms with Crippen LogP contribution in [0.3, 0.4) is 0 Å². The number of nitrogens with zero attached hydrogens (tertiary/aromatic N) is 1. The summed E-state index contributed by atoms with van der Waals surface area (Å²) >= 11 is 6.11. The highest BCUT2D eigenvalue weighted by molar-refractivity contribution is 6.32. The minimum absolute atomic E-state index is 0.0865. The van der Waals surface area contributed by atoms with Crippen molar-refractivity contribution in [1.29, 1.82) is 0 Å². The van der Waals surface area contributed by atoms with Crippen LogP contribution in [0.15, 0.2) is 66.7 Å². The molecule has 170 valence electrons. The van der Waals surface area contributed by atoms with Crippen LogP contribution in [0.1, 0.15) is 46.8 Å². The van der Waals surface area contributed by atoms with E-state index in [2.05, 4.69) is 13.8 Å². The van der Waals surface area contributed by atoms with E-state index in [1.807, 2.05) is 36.4 Å². The predicted molar refractivity (Wildman–Crippen MR) is 129 cm³/mol. The molecular formula is C26H24ClNO5. The SMILES string of the molecule is COc1ccc(/C=C/C(=O)c2ccc(C(C)C)cc2)cc1COc1ccc([N+](=O)[O-])cc1Cl. The molecule has 0 amide bonds. The number of benzene rings is 3. The number of nitro benzene ring substituents is 1. The summed E-state index contributed by atoms with van der Waals surface area (Å²) in [6, 6.07) is 17.1. The summed E-state index contributed by atoms with van der Waals surface area (Å²) in [6.45, 7) is 4.35. The molecule has 3 rings (SSSR count). The van der Waals surface area contributed by atoms with Gasteiger partial charge in [-0.2, -0.15) is 0 Å². The van der Waals surface area contributed by atoms with Crippen LogP contribution in [0.4, 0.5) is 5.69 Å². The lowest BCUT2D eigenvalue weighted by Crippen LogP contribution is -2.00. The first-order valence-corrected chi connectivity index (χ1v) is 10.7. The van der Waals surface area contributed by atoms with Crippen molar-refractivity contribution < 1.29 is 19.2 Å². The van der Waals surface area contributed by atoms with Crippen molar-refractivity contribution in [2.24, 2.45) is 0 Å². The van der Waals surface area contributed by atoms with E-state index < -0.39 is 4.92 Å². The number of nitro groups is 1. The Labute approximate surface area is 197 Å². The maximum absolute atomic E-state index is 12.5. The molecule has 0 aliphatic carbocycles. The average molecular weight is 466 g/mol. The van der Waals surface area contributed by atoms with Crippen LogP contribution in [0.2, 0.25) is 5.02 Å². The molecule has 0 atom stereocenters. The van der Waals surface area contributed by atoms with Gasteiger partial charge in [0.15, 0.2) is 5.78 Å². The lowest BCUT2D eigenvalue weighted by Gasteiger charge is -2.12. The smallest absolute Gasteiger partial charge is 0.271 e. The fourth-order valence-corrected chi connectivity index (χ4v) is 3.42. The van der Waals surface area contributed by atoms with E-state index >= 15 is 0 Å². The molecular weight excluding hydrogens is 442 g/mol. The third kappa shape index (κ3) is 6.20. The first-order chi connectivity index (χ1) is 15.8. The van der Waals surface area contributed by atoms with E-state index in [1.54, 1.807) is 19.3 Å². The maximum atomic E-state index is 12.5. The third-order valence-corrected chi connectivity index (χ3v) is 5.40. The first-order valence-electron chi connectivity index (χ1n) is 10.3. The Kier molecular flexibility index (Phi) is 7.85. The maximum Gasteiger partial charge on any atom is 0.271 e.